The van der Waals surface area contributed by atoms with Gasteiger partial charge >= 0.3 is 0 Å². The predicted molar refractivity (Wildman–Crippen MR) is 137 cm³/mol. The first-order chi connectivity index (χ1) is 16.9. The van der Waals surface area contributed by atoms with Crippen LogP contribution in [0.15, 0.2) is 35.3 Å². The lowest BCUT2D eigenvalue weighted by Crippen LogP contribution is -2.48. The Morgan fingerprint density at radius 1 is 1.17 bits per heavy atom. The van der Waals surface area contributed by atoms with Crippen molar-refractivity contribution in [1.82, 2.24) is 19.4 Å². The summed E-state index contributed by atoms with van der Waals surface area (Å²) in [5, 5.41) is 13.0. The van der Waals surface area contributed by atoms with Gasteiger partial charge in [0.25, 0.3) is 5.56 Å². The molecular weight excluding hydrogens is 445 g/mol. The van der Waals surface area contributed by atoms with Crippen molar-refractivity contribution >= 4 is 28.4 Å². The largest absolute Gasteiger partial charge is 0.369 e. The normalized spacial score (nSPS) is 17.3. The van der Waals surface area contributed by atoms with E-state index in [4.69, 9.17) is 0 Å². The van der Waals surface area contributed by atoms with E-state index in [9.17, 15) is 10.1 Å². The van der Waals surface area contributed by atoms with E-state index in [-0.39, 0.29) is 36.0 Å². The molecule has 184 valence electrons. The highest BCUT2D eigenvalue weighted by molar-refractivity contribution is 5.77. The molecule has 8 nitrogen and oxygen atoms in total. The molecule has 1 saturated heterocycles. The SMILES string of the molecule is CC(C)N1CCN(c2ccc(Nc3ncc4cc(C#N)c(=O)n(C5CCCC5)c4n3)c(F)c2)CC1.[HH]. The summed E-state index contributed by atoms with van der Waals surface area (Å²) in [5.74, 6) is -0.170. The van der Waals surface area contributed by atoms with Crippen LogP contribution in [0.1, 0.15) is 52.6 Å². The zero-order chi connectivity index (χ0) is 24.5. The van der Waals surface area contributed by atoms with E-state index >= 15 is 4.39 Å². The van der Waals surface area contributed by atoms with Crippen LogP contribution < -0.4 is 15.8 Å². The Balaban J connectivity index is 0.00000304. The minimum Gasteiger partial charge on any atom is -0.369 e. The second-order valence-electron chi connectivity index (χ2n) is 9.66. The van der Waals surface area contributed by atoms with Crippen LogP contribution in [0.2, 0.25) is 0 Å². The topological polar surface area (TPSA) is 90.1 Å². The van der Waals surface area contributed by atoms with E-state index in [2.05, 4.69) is 38.9 Å². The Kier molecular flexibility index (Phi) is 6.39. The molecule has 0 spiro atoms. The van der Waals surface area contributed by atoms with Crippen molar-refractivity contribution in [2.24, 2.45) is 0 Å². The third-order valence-corrected chi connectivity index (χ3v) is 7.19. The van der Waals surface area contributed by atoms with Gasteiger partial charge in [-0.3, -0.25) is 14.3 Å². The van der Waals surface area contributed by atoms with E-state index in [1.165, 1.54) is 6.07 Å². The molecule has 2 aliphatic rings. The van der Waals surface area contributed by atoms with Gasteiger partial charge in [0.15, 0.2) is 0 Å². The zero-order valence-corrected chi connectivity index (χ0v) is 20.2. The number of pyridine rings is 1. The molecule has 0 amide bonds. The molecule has 0 radical (unpaired) electrons. The van der Waals surface area contributed by atoms with Gasteiger partial charge in [0.2, 0.25) is 5.95 Å². The molecule has 9 heteroatoms. The minimum absolute atomic E-state index is 0. The molecule has 5 rings (SSSR count). The Hall–Kier alpha value is -3.51. The van der Waals surface area contributed by atoms with Crippen molar-refractivity contribution in [3.8, 4) is 6.07 Å². The minimum atomic E-state index is -0.384. The van der Waals surface area contributed by atoms with Crippen molar-refractivity contribution in [2.45, 2.75) is 51.6 Å². The van der Waals surface area contributed by atoms with Crippen LogP contribution in [0, 0.1) is 17.1 Å². The van der Waals surface area contributed by atoms with Gasteiger partial charge in [0.05, 0.1) is 5.69 Å². The van der Waals surface area contributed by atoms with E-state index in [0.29, 0.717) is 17.1 Å². The number of nitrogens with zero attached hydrogens (tertiary/aromatic N) is 6. The number of piperazine rings is 1. The number of benzene rings is 1. The average molecular weight is 478 g/mol. The molecule has 0 unspecified atom stereocenters. The van der Waals surface area contributed by atoms with Gasteiger partial charge in [-0.25, -0.2) is 9.37 Å². The van der Waals surface area contributed by atoms with Crippen molar-refractivity contribution in [3.05, 3.63) is 52.2 Å². The van der Waals surface area contributed by atoms with Crippen molar-refractivity contribution < 1.29 is 5.82 Å². The number of aromatic nitrogens is 3. The second-order valence-corrected chi connectivity index (χ2v) is 9.66. The molecule has 1 aromatic carbocycles. The van der Waals surface area contributed by atoms with Crippen molar-refractivity contribution in [1.29, 1.82) is 5.26 Å². The highest BCUT2D eigenvalue weighted by Crippen LogP contribution is 2.31. The summed E-state index contributed by atoms with van der Waals surface area (Å²) in [5.41, 5.74) is 1.36. The summed E-state index contributed by atoms with van der Waals surface area (Å²) in [7, 11) is 0. The van der Waals surface area contributed by atoms with Crippen LogP contribution in [0.4, 0.5) is 21.7 Å². The summed E-state index contributed by atoms with van der Waals surface area (Å²) >= 11 is 0. The van der Waals surface area contributed by atoms with Crippen molar-refractivity contribution in [2.75, 3.05) is 36.4 Å². The number of anilines is 3. The average Bonchev–Trinajstić information content (AvgIpc) is 3.39. The molecule has 35 heavy (non-hydrogen) atoms. The monoisotopic (exact) mass is 477 g/mol. The third kappa shape index (κ3) is 4.58. The van der Waals surface area contributed by atoms with Gasteiger partial charge in [0.1, 0.15) is 23.1 Å². The maximum Gasteiger partial charge on any atom is 0.270 e. The number of halogens is 1. The van der Waals surface area contributed by atoms with Crippen LogP contribution in [-0.2, 0) is 0 Å². The molecule has 1 N–H and O–H groups in total. The highest BCUT2D eigenvalue weighted by atomic mass is 19.1. The fourth-order valence-electron chi connectivity index (χ4n) is 5.18. The van der Waals surface area contributed by atoms with Crippen LogP contribution >= 0.6 is 0 Å². The smallest absolute Gasteiger partial charge is 0.270 e. The fraction of sp³-hybridized carbons (Fsp3) is 0.462. The lowest BCUT2D eigenvalue weighted by molar-refractivity contribution is 0.209. The first-order valence-corrected chi connectivity index (χ1v) is 12.3. The zero-order valence-electron chi connectivity index (χ0n) is 20.2. The number of nitriles is 1. The fourth-order valence-corrected chi connectivity index (χ4v) is 5.18. The van der Waals surface area contributed by atoms with Crippen LogP contribution in [0.5, 0.6) is 0 Å². The number of hydrogen-bond acceptors (Lipinski definition) is 7. The van der Waals surface area contributed by atoms with Gasteiger partial charge < -0.3 is 10.2 Å². The predicted octanol–water partition coefficient (Wildman–Crippen LogP) is 4.44. The Bertz CT molecular complexity index is 1340. The molecular formula is C26H32FN7O. The van der Waals surface area contributed by atoms with Gasteiger partial charge in [-0.15, -0.1) is 0 Å². The quantitative estimate of drug-likeness (QED) is 0.581. The standard InChI is InChI=1S/C26H30FN7O.H2/c1-17(2)32-9-11-33(12-10-32)21-7-8-23(22(27)14-21)30-26-29-16-19-13-18(15-28)25(35)34(24(19)31-26)20-5-3-4-6-20;/h7-8,13-14,16-17,20H,3-6,9-12H2,1-2H3,(H,29,30,31);1H. The van der Waals surface area contributed by atoms with Crippen LogP contribution in [-0.4, -0.2) is 51.7 Å². The summed E-state index contributed by atoms with van der Waals surface area (Å²) < 4.78 is 16.7. The van der Waals surface area contributed by atoms with Crippen LogP contribution in [0.25, 0.3) is 11.0 Å². The summed E-state index contributed by atoms with van der Waals surface area (Å²) in [6.45, 7) is 8.03. The van der Waals surface area contributed by atoms with Gasteiger partial charge in [0, 0.05) is 57.0 Å². The second kappa shape index (κ2) is 9.62. The van der Waals surface area contributed by atoms with E-state index in [1.54, 1.807) is 22.9 Å². The van der Waals surface area contributed by atoms with Gasteiger partial charge in [-0.05, 0) is 51.0 Å². The van der Waals surface area contributed by atoms with E-state index < -0.39 is 0 Å². The molecule has 0 bridgehead atoms. The molecule has 0 atom stereocenters. The Morgan fingerprint density at radius 3 is 2.57 bits per heavy atom. The highest BCUT2D eigenvalue weighted by Gasteiger charge is 2.23. The maximum absolute atomic E-state index is 15.1. The Labute approximate surface area is 205 Å². The summed E-state index contributed by atoms with van der Waals surface area (Å²) in [6.07, 6.45) is 5.40. The maximum atomic E-state index is 15.1. The number of rotatable bonds is 5. The van der Waals surface area contributed by atoms with Crippen LogP contribution in [0.3, 0.4) is 0 Å². The van der Waals surface area contributed by atoms with E-state index in [1.807, 2.05) is 12.1 Å². The third-order valence-electron chi connectivity index (χ3n) is 7.19. The summed E-state index contributed by atoms with van der Waals surface area (Å²) in [4.78, 5) is 26.5. The number of hydrogen-bond donors (Lipinski definition) is 1. The lowest BCUT2D eigenvalue weighted by atomic mass is 10.2. The lowest BCUT2D eigenvalue weighted by Gasteiger charge is -2.38. The molecule has 1 aliphatic carbocycles. The van der Waals surface area contributed by atoms with Gasteiger partial charge in [-0.2, -0.15) is 10.2 Å². The molecule has 3 heterocycles. The summed E-state index contributed by atoms with van der Waals surface area (Å²) in [6, 6.07) is 9.20. The van der Waals surface area contributed by atoms with Gasteiger partial charge in [-0.1, -0.05) is 12.8 Å². The first-order valence-electron chi connectivity index (χ1n) is 12.3. The van der Waals surface area contributed by atoms with E-state index in [0.717, 1.165) is 57.5 Å². The Morgan fingerprint density at radius 2 is 1.91 bits per heavy atom. The molecule has 2 aromatic heterocycles. The number of nitrogens with one attached hydrogen (secondary N) is 1. The molecule has 3 aromatic rings. The van der Waals surface area contributed by atoms with Crippen molar-refractivity contribution in [3.63, 3.8) is 0 Å². The first kappa shape index (κ1) is 23.2. The molecule has 2 fully saturated rings. The molecule has 1 saturated carbocycles. The molecule has 1 aliphatic heterocycles. The number of fused-ring (bicyclic) bond motifs is 1.